The van der Waals surface area contributed by atoms with E-state index >= 15 is 0 Å². The smallest absolute Gasteiger partial charge is 0.0701 e. The van der Waals surface area contributed by atoms with Crippen molar-refractivity contribution in [2.75, 3.05) is 0 Å². The Morgan fingerprint density at radius 1 is 1.25 bits per heavy atom. The quantitative estimate of drug-likeness (QED) is 0.625. The van der Waals surface area contributed by atoms with E-state index < -0.39 is 0 Å². The fourth-order valence-electron chi connectivity index (χ4n) is 2.16. The largest absolute Gasteiger partial charge is 0.271 e. The van der Waals surface area contributed by atoms with E-state index in [-0.39, 0.29) is 11.5 Å². The van der Waals surface area contributed by atoms with Gasteiger partial charge in [0.2, 0.25) is 0 Å². The van der Waals surface area contributed by atoms with Gasteiger partial charge in [-0.25, -0.2) is 0 Å². The SMILES string of the molecule is CC(C)(C)c1ccc(CC(NN)c2csc(Br)c2)cc1. The molecular formula is C16H21BrN2S. The van der Waals surface area contributed by atoms with Crippen LogP contribution < -0.4 is 11.3 Å². The van der Waals surface area contributed by atoms with Gasteiger partial charge in [0.25, 0.3) is 0 Å². The fraction of sp³-hybridized carbons (Fsp3) is 0.375. The maximum Gasteiger partial charge on any atom is 0.0701 e. The minimum absolute atomic E-state index is 0.151. The molecule has 108 valence electrons. The van der Waals surface area contributed by atoms with Crippen LogP contribution in [0.15, 0.2) is 39.5 Å². The summed E-state index contributed by atoms with van der Waals surface area (Å²) in [6, 6.07) is 11.1. The van der Waals surface area contributed by atoms with E-state index in [1.165, 1.54) is 16.7 Å². The third-order valence-electron chi connectivity index (χ3n) is 3.45. The zero-order chi connectivity index (χ0) is 14.8. The van der Waals surface area contributed by atoms with Crippen molar-refractivity contribution in [2.45, 2.75) is 38.6 Å². The second kappa shape index (κ2) is 6.39. The molecule has 1 atom stereocenters. The van der Waals surface area contributed by atoms with E-state index in [1.807, 2.05) is 0 Å². The Hall–Kier alpha value is -0.680. The topological polar surface area (TPSA) is 38.0 Å². The Morgan fingerprint density at radius 2 is 1.90 bits per heavy atom. The van der Waals surface area contributed by atoms with Crippen LogP contribution in [0.2, 0.25) is 0 Å². The monoisotopic (exact) mass is 352 g/mol. The molecule has 0 radical (unpaired) electrons. The van der Waals surface area contributed by atoms with E-state index in [1.54, 1.807) is 11.3 Å². The van der Waals surface area contributed by atoms with Gasteiger partial charge in [-0.05, 0) is 55.9 Å². The van der Waals surface area contributed by atoms with Crippen molar-refractivity contribution < 1.29 is 0 Å². The second-order valence-corrected chi connectivity index (χ2v) is 8.34. The van der Waals surface area contributed by atoms with E-state index in [4.69, 9.17) is 5.84 Å². The number of halogens is 1. The average Bonchev–Trinajstić information content (AvgIpc) is 2.82. The number of rotatable bonds is 4. The van der Waals surface area contributed by atoms with Gasteiger partial charge in [-0.3, -0.25) is 11.3 Å². The second-order valence-electron chi connectivity index (χ2n) is 6.05. The first-order valence-corrected chi connectivity index (χ1v) is 8.37. The highest BCUT2D eigenvalue weighted by atomic mass is 79.9. The predicted molar refractivity (Wildman–Crippen MR) is 90.9 cm³/mol. The molecule has 0 bridgehead atoms. The number of nitrogens with one attached hydrogen (secondary N) is 1. The van der Waals surface area contributed by atoms with Gasteiger partial charge in [-0.1, -0.05) is 45.0 Å². The standard InChI is InChI=1S/C16H21BrN2S/c1-16(2,3)13-6-4-11(5-7-13)8-14(19-18)12-9-15(17)20-10-12/h4-7,9-10,14,19H,8,18H2,1-3H3. The molecule has 0 fully saturated rings. The lowest BCUT2D eigenvalue weighted by molar-refractivity contribution is 0.552. The summed E-state index contributed by atoms with van der Waals surface area (Å²) in [7, 11) is 0. The van der Waals surface area contributed by atoms with Gasteiger partial charge in [-0.15, -0.1) is 11.3 Å². The third-order valence-corrected chi connectivity index (χ3v) is 4.97. The van der Waals surface area contributed by atoms with Crippen molar-refractivity contribution in [3.8, 4) is 0 Å². The summed E-state index contributed by atoms with van der Waals surface area (Å²) in [5, 5.41) is 2.14. The molecule has 0 aliphatic heterocycles. The molecule has 4 heteroatoms. The Balaban J connectivity index is 2.12. The number of hydrogen-bond donors (Lipinski definition) is 2. The van der Waals surface area contributed by atoms with Gasteiger partial charge in [0, 0.05) is 0 Å². The number of benzene rings is 1. The average molecular weight is 353 g/mol. The normalized spacial score (nSPS) is 13.4. The molecular weight excluding hydrogens is 332 g/mol. The first-order chi connectivity index (χ1) is 9.40. The van der Waals surface area contributed by atoms with E-state index in [0.717, 1.165) is 10.2 Å². The van der Waals surface area contributed by atoms with Gasteiger partial charge in [0.1, 0.15) is 0 Å². The molecule has 0 saturated carbocycles. The molecule has 0 spiro atoms. The van der Waals surface area contributed by atoms with Crippen molar-refractivity contribution in [2.24, 2.45) is 5.84 Å². The summed E-state index contributed by atoms with van der Waals surface area (Å²) in [6.45, 7) is 6.69. The molecule has 0 aliphatic carbocycles. The van der Waals surface area contributed by atoms with Crippen LogP contribution in [0.1, 0.15) is 43.5 Å². The minimum atomic E-state index is 0.151. The van der Waals surface area contributed by atoms with Crippen molar-refractivity contribution in [1.29, 1.82) is 0 Å². The van der Waals surface area contributed by atoms with Crippen LogP contribution in [0.3, 0.4) is 0 Å². The Bertz CT molecular complexity index is 555. The van der Waals surface area contributed by atoms with Crippen LogP contribution in [-0.2, 0) is 11.8 Å². The highest BCUT2D eigenvalue weighted by Gasteiger charge is 2.15. The Kier molecular flexibility index (Phi) is 5.02. The zero-order valence-corrected chi connectivity index (χ0v) is 14.5. The van der Waals surface area contributed by atoms with Crippen molar-refractivity contribution >= 4 is 27.3 Å². The van der Waals surface area contributed by atoms with Gasteiger partial charge in [0.15, 0.2) is 0 Å². The van der Waals surface area contributed by atoms with Crippen LogP contribution in [0.25, 0.3) is 0 Å². The Morgan fingerprint density at radius 3 is 2.35 bits per heavy atom. The van der Waals surface area contributed by atoms with Crippen LogP contribution in [0.5, 0.6) is 0 Å². The summed E-state index contributed by atoms with van der Waals surface area (Å²) in [6.07, 6.45) is 0.893. The molecule has 2 nitrogen and oxygen atoms in total. The number of hydrazine groups is 1. The van der Waals surface area contributed by atoms with E-state index in [9.17, 15) is 0 Å². The maximum absolute atomic E-state index is 5.70. The molecule has 2 rings (SSSR count). The third kappa shape index (κ3) is 3.92. The van der Waals surface area contributed by atoms with Crippen molar-refractivity contribution in [3.63, 3.8) is 0 Å². The van der Waals surface area contributed by atoms with E-state index in [2.05, 4.69) is 77.8 Å². The van der Waals surface area contributed by atoms with Gasteiger partial charge < -0.3 is 0 Å². The van der Waals surface area contributed by atoms with Crippen LogP contribution in [0.4, 0.5) is 0 Å². The molecule has 1 heterocycles. The predicted octanol–water partition coefficient (Wildman–Crippen LogP) is 4.56. The number of nitrogens with two attached hydrogens (primary N) is 1. The molecule has 0 saturated heterocycles. The van der Waals surface area contributed by atoms with Crippen LogP contribution >= 0.6 is 27.3 Å². The minimum Gasteiger partial charge on any atom is -0.271 e. The lowest BCUT2D eigenvalue weighted by atomic mass is 9.86. The summed E-state index contributed by atoms with van der Waals surface area (Å²) >= 11 is 5.18. The molecule has 0 amide bonds. The molecule has 0 aliphatic rings. The van der Waals surface area contributed by atoms with Gasteiger partial charge in [0.05, 0.1) is 9.83 Å². The summed E-state index contributed by atoms with van der Waals surface area (Å²) in [5.74, 6) is 5.70. The number of hydrogen-bond acceptors (Lipinski definition) is 3. The first-order valence-electron chi connectivity index (χ1n) is 6.69. The highest BCUT2D eigenvalue weighted by Crippen LogP contribution is 2.28. The molecule has 20 heavy (non-hydrogen) atoms. The molecule has 1 aromatic carbocycles. The van der Waals surface area contributed by atoms with Gasteiger partial charge in [-0.2, -0.15) is 0 Å². The highest BCUT2D eigenvalue weighted by molar-refractivity contribution is 9.11. The molecule has 2 aromatic rings. The number of thiophene rings is 1. The van der Waals surface area contributed by atoms with Crippen LogP contribution in [-0.4, -0.2) is 0 Å². The summed E-state index contributed by atoms with van der Waals surface area (Å²) < 4.78 is 1.14. The lowest BCUT2D eigenvalue weighted by Crippen LogP contribution is -2.29. The zero-order valence-electron chi connectivity index (χ0n) is 12.1. The molecule has 1 unspecified atom stereocenters. The molecule has 1 aromatic heterocycles. The summed E-state index contributed by atoms with van der Waals surface area (Å²) in [4.78, 5) is 0. The van der Waals surface area contributed by atoms with Gasteiger partial charge >= 0.3 is 0 Å². The van der Waals surface area contributed by atoms with Crippen LogP contribution in [0, 0.1) is 0 Å². The van der Waals surface area contributed by atoms with E-state index in [0.29, 0.717) is 0 Å². The molecule has 3 N–H and O–H groups in total. The fourth-order valence-corrected chi connectivity index (χ4v) is 3.39. The lowest BCUT2D eigenvalue weighted by Gasteiger charge is -2.20. The van der Waals surface area contributed by atoms with Crippen molar-refractivity contribution in [3.05, 3.63) is 56.2 Å². The Labute approximate surface area is 133 Å². The summed E-state index contributed by atoms with van der Waals surface area (Å²) in [5.41, 5.74) is 6.99. The van der Waals surface area contributed by atoms with Crippen molar-refractivity contribution in [1.82, 2.24) is 5.43 Å². The maximum atomic E-state index is 5.70. The first kappa shape index (κ1) is 15.7.